The fraction of sp³-hybridized carbons (Fsp3) is 0.357. The lowest BCUT2D eigenvalue weighted by atomic mass is 10.2. The molecule has 0 radical (unpaired) electrons. The highest BCUT2D eigenvalue weighted by molar-refractivity contribution is 6.93. The number of rotatable bonds is 6. The highest BCUT2D eigenvalue weighted by Crippen LogP contribution is 2.29. The number of alkyl halides is 1. The van der Waals surface area contributed by atoms with Crippen LogP contribution in [0.4, 0.5) is 15.3 Å². The van der Waals surface area contributed by atoms with Crippen molar-refractivity contribution in [2.45, 2.75) is 20.7 Å². The van der Waals surface area contributed by atoms with Gasteiger partial charge in [-0.25, -0.2) is 33.7 Å². The third-order valence-corrected chi connectivity index (χ3v) is 7.34. The number of nitrogens with zero attached hydrogens (tertiary/aromatic N) is 6. The van der Waals surface area contributed by atoms with Gasteiger partial charge in [-0.15, -0.1) is 11.6 Å². The fourth-order valence-electron chi connectivity index (χ4n) is 3.96. The molecular formula is C28H33Cl7N8O8. The van der Waals surface area contributed by atoms with E-state index in [9.17, 15) is 14.4 Å². The van der Waals surface area contributed by atoms with E-state index in [0.717, 1.165) is 4.57 Å². The quantitative estimate of drug-likeness (QED) is 0.122. The molecule has 2 amide bonds. The van der Waals surface area contributed by atoms with E-state index >= 15 is 0 Å². The maximum Gasteiger partial charge on any atom is 0.354 e. The topological polar surface area (TPSA) is 172 Å². The SMILES string of the molecule is C.CCl.CO/N=C/c1cc(-n2c(=O)n3n(c2=O)COCC3)c(Cl)cc1Cl.CO/N=C/c1cc(NC(=O)N2CCOCN2)c(Cl)cc1Cl.O=C(Cl)Cl. The Kier molecular flexibility index (Phi) is 21.2. The molecule has 0 aliphatic carbocycles. The van der Waals surface area contributed by atoms with Gasteiger partial charge in [0.2, 0.25) is 0 Å². The van der Waals surface area contributed by atoms with Crippen LogP contribution in [0.25, 0.3) is 5.69 Å². The lowest BCUT2D eigenvalue weighted by Gasteiger charge is -2.27. The molecule has 51 heavy (non-hydrogen) atoms. The van der Waals surface area contributed by atoms with Gasteiger partial charge in [-0.2, -0.15) is 0 Å². The van der Waals surface area contributed by atoms with Gasteiger partial charge in [-0.1, -0.05) is 64.1 Å². The maximum atomic E-state index is 12.5. The highest BCUT2D eigenvalue weighted by Gasteiger charge is 2.22. The molecule has 282 valence electrons. The first-order valence-electron chi connectivity index (χ1n) is 13.6. The van der Waals surface area contributed by atoms with Gasteiger partial charge in [-0.3, -0.25) is 9.80 Å². The third-order valence-electron chi connectivity index (χ3n) is 6.07. The number of hydrogen-bond donors (Lipinski definition) is 2. The summed E-state index contributed by atoms with van der Waals surface area (Å²) in [6, 6.07) is 5.76. The van der Waals surface area contributed by atoms with Crippen molar-refractivity contribution in [3.05, 3.63) is 76.5 Å². The number of fused-ring (bicyclic) bond motifs is 1. The Bertz CT molecular complexity index is 1750. The van der Waals surface area contributed by atoms with E-state index in [1.165, 1.54) is 65.6 Å². The van der Waals surface area contributed by atoms with Gasteiger partial charge in [0.05, 0.1) is 70.2 Å². The van der Waals surface area contributed by atoms with Crippen molar-refractivity contribution < 1.29 is 28.7 Å². The summed E-state index contributed by atoms with van der Waals surface area (Å²) in [4.78, 5) is 55.2. The molecule has 1 saturated heterocycles. The van der Waals surface area contributed by atoms with Crippen LogP contribution in [-0.4, -0.2) is 89.2 Å². The number of hydrogen-bond acceptors (Lipinski definition) is 11. The number of urea groups is 1. The van der Waals surface area contributed by atoms with E-state index < -0.39 is 16.1 Å². The van der Waals surface area contributed by atoms with Crippen LogP contribution in [0, 0.1) is 0 Å². The average molecular weight is 858 g/mol. The Morgan fingerprint density at radius 2 is 1.35 bits per heavy atom. The van der Waals surface area contributed by atoms with Crippen molar-refractivity contribution in [1.82, 2.24) is 24.4 Å². The number of aromatic nitrogens is 3. The zero-order valence-corrected chi connectivity index (χ0v) is 31.6. The molecular weight excluding hydrogens is 825 g/mol. The van der Waals surface area contributed by atoms with Crippen LogP contribution in [0.2, 0.25) is 20.1 Å². The average Bonchev–Trinajstić information content (AvgIpc) is 3.35. The van der Waals surface area contributed by atoms with Crippen LogP contribution in [0.3, 0.4) is 0 Å². The lowest BCUT2D eigenvalue weighted by Crippen LogP contribution is -2.51. The summed E-state index contributed by atoms with van der Waals surface area (Å²) in [5, 5.41) is 12.6. The molecule has 2 aromatic carbocycles. The van der Waals surface area contributed by atoms with Gasteiger partial charge >= 0.3 is 22.1 Å². The molecule has 0 bridgehead atoms. The van der Waals surface area contributed by atoms with Crippen molar-refractivity contribution in [1.29, 1.82) is 0 Å². The van der Waals surface area contributed by atoms with Gasteiger partial charge in [-0.05, 0) is 47.5 Å². The Labute approximate surface area is 327 Å². The predicted molar refractivity (Wildman–Crippen MR) is 201 cm³/mol. The summed E-state index contributed by atoms with van der Waals surface area (Å²) >= 11 is 37.8. The normalized spacial score (nSPS) is 13.3. The van der Waals surface area contributed by atoms with Crippen LogP contribution in [0.5, 0.6) is 0 Å². The number of carbonyl (C=O) groups is 2. The number of hydrazine groups is 1. The summed E-state index contributed by atoms with van der Waals surface area (Å²) < 4.78 is 12.9. The second-order valence-corrected chi connectivity index (χ2v) is 11.5. The summed E-state index contributed by atoms with van der Waals surface area (Å²) in [5.74, 6) is 0. The van der Waals surface area contributed by atoms with Crippen LogP contribution >= 0.6 is 81.2 Å². The van der Waals surface area contributed by atoms with Crippen molar-refractivity contribution in [2.24, 2.45) is 10.3 Å². The van der Waals surface area contributed by atoms with Crippen molar-refractivity contribution in [3.63, 3.8) is 0 Å². The Hall–Kier alpha value is -3.03. The van der Waals surface area contributed by atoms with E-state index in [0.29, 0.717) is 58.2 Å². The van der Waals surface area contributed by atoms with Crippen molar-refractivity contribution >= 4 is 110 Å². The monoisotopic (exact) mass is 854 g/mol. The maximum absolute atomic E-state index is 12.5. The molecule has 0 atom stereocenters. The van der Waals surface area contributed by atoms with Gasteiger partial charge in [0.25, 0.3) is 0 Å². The van der Waals surface area contributed by atoms with Crippen molar-refractivity contribution in [3.8, 4) is 5.69 Å². The molecule has 5 rings (SSSR count). The van der Waals surface area contributed by atoms with Crippen LogP contribution in [-0.2, 0) is 32.4 Å². The molecule has 2 aliphatic rings. The van der Waals surface area contributed by atoms with Gasteiger partial charge in [0.1, 0.15) is 27.7 Å². The molecule has 2 N–H and O–H groups in total. The summed E-state index contributed by atoms with van der Waals surface area (Å²) in [6.07, 6.45) is 4.27. The molecule has 0 saturated carbocycles. The van der Waals surface area contributed by atoms with Crippen LogP contribution in [0.15, 0.2) is 44.2 Å². The first kappa shape index (κ1) is 46.0. The zero-order valence-electron chi connectivity index (χ0n) is 26.3. The number of nitrogens with one attached hydrogen (secondary N) is 2. The minimum Gasteiger partial charge on any atom is -0.399 e. The predicted octanol–water partition coefficient (Wildman–Crippen LogP) is 6.45. The Morgan fingerprint density at radius 1 is 0.824 bits per heavy atom. The molecule has 16 nitrogen and oxygen atoms in total. The largest absolute Gasteiger partial charge is 0.399 e. The standard InChI is InChI=1S/C13H12Cl2N4O4.C12H14Cl2N4O3.CCl2O.CH3Cl.CH4/c1-22-16-6-8-4-11(10(15)5-9(8)14)19-12(20)17-2-3-23-7-18(17)13(19)21;1-20-16-6-8-4-11(10(14)5-9(8)13)17-12(19)18-2-3-21-7-15-18;2-1(3)4;1-2;/h4-6H,2-3,7H2,1H3;4-6,15H,2-3,7H2,1H3,(H,17,19);;1H3;1H4/b2*16-6+;;;. The summed E-state index contributed by atoms with van der Waals surface area (Å²) in [6.45, 7) is 1.88. The summed E-state index contributed by atoms with van der Waals surface area (Å²) in [5.41, 5.74) is 3.47. The number of benzene rings is 2. The summed E-state index contributed by atoms with van der Waals surface area (Å²) in [7, 11) is 2.81. The zero-order chi connectivity index (χ0) is 37.4. The number of oxime groups is 2. The number of carbonyl (C=O) groups excluding carboxylic acids is 2. The van der Waals surface area contributed by atoms with Crippen molar-refractivity contribution in [2.75, 3.05) is 52.4 Å². The number of ether oxygens (including phenoxy) is 2. The minimum absolute atomic E-state index is 0. The third kappa shape index (κ3) is 13.5. The first-order valence-corrected chi connectivity index (χ1v) is 16.7. The molecule has 1 aromatic heterocycles. The Balaban J connectivity index is 0.000000436. The molecule has 3 heterocycles. The van der Waals surface area contributed by atoms with E-state index in [-0.39, 0.29) is 37.6 Å². The number of anilines is 1. The second kappa shape index (κ2) is 23.5. The molecule has 0 unspecified atom stereocenters. The first-order chi connectivity index (χ1) is 23.9. The van der Waals surface area contributed by atoms with E-state index in [4.69, 9.17) is 60.7 Å². The number of halogens is 7. The van der Waals surface area contributed by atoms with Gasteiger partial charge < -0.3 is 24.5 Å². The van der Waals surface area contributed by atoms with E-state index in [1.807, 2.05) is 0 Å². The van der Waals surface area contributed by atoms with E-state index in [2.05, 4.69) is 65.5 Å². The molecule has 23 heteroatoms. The highest BCUT2D eigenvalue weighted by atomic mass is 35.5. The second-order valence-electron chi connectivity index (χ2n) is 8.99. The smallest absolute Gasteiger partial charge is 0.354 e. The minimum atomic E-state index is -0.889. The Morgan fingerprint density at radius 3 is 1.88 bits per heavy atom. The van der Waals surface area contributed by atoms with Crippen LogP contribution < -0.4 is 22.1 Å². The molecule has 1 fully saturated rings. The fourth-order valence-corrected chi connectivity index (χ4v) is 4.95. The van der Waals surface area contributed by atoms with Crippen LogP contribution in [0.1, 0.15) is 18.6 Å². The van der Waals surface area contributed by atoms with E-state index in [1.54, 1.807) is 6.07 Å². The molecule has 3 aromatic rings. The number of amides is 2. The van der Waals surface area contributed by atoms with Gasteiger partial charge in [0.15, 0.2) is 0 Å². The van der Waals surface area contributed by atoms with Gasteiger partial charge in [0, 0.05) is 17.5 Å². The molecule has 2 aliphatic heterocycles. The molecule has 0 spiro atoms. The lowest BCUT2D eigenvalue weighted by molar-refractivity contribution is 0.00550.